The van der Waals surface area contributed by atoms with Crippen LogP contribution in [0, 0.1) is 0 Å². The second-order valence-corrected chi connectivity index (χ2v) is 7.47. The molecule has 0 saturated heterocycles. The topological polar surface area (TPSA) is 71.4 Å². The molecule has 0 unspecified atom stereocenters. The van der Waals surface area contributed by atoms with Crippen LogP contribution in [0.1, 0.15) is 18.2 Å². The maximum absolute atomic E-state index is 11.7. The molecule has 0 aliphatic carbocycles. The van der Waals surface area contributed by atoms with Gasteiger partial charge < -0.3 is 15.4 Å². The summed E-state index contributed by atoms with van der Waals surface area (Å²) >= 11 is 6.44. The van der Waals surface area contributed by atoms with E-state index in [0.29, 0.717) is 35.6 Å². The van der Waals surface area contributed by atoms with Gasteiger partial charge in [-0.1, -0.05) is 11.6 Å². The molecule has 146 valence electrons. The van der Waals surface area contributed by atoms with Crippen LogP contribution >= 0.6 is 11.6 Å². The second kappa shape index (κ2) is 7.88. The molecule has 2 N–H and O–H groups in total. The number of rotatable bonds is 7. The number of hydrogen-bond acceptors (Lipinski definition) is 5. The number of benzene rings is 1. The number of likely N-dealkylation sites (N-methyl/N-ethyl adjacent to an activating group) is 2. The number of halogens is 1. The Kier molecular flexibility index (Phi) is 5.74. The molecule has 2 heterocycles. The van der Waals surface area contributed by atoms with Crippen LogP contribution in [0.25, 0.3) is 11.1 Å². The van der Waals surface area contributed by atoms with Crippen molar-refractivity contribution in [2.24, 2.45) is 7.05 Å². The number of nitrogens with one attached hydrogen (secondary N) is 2. The Morgan fingerprint density at radius 1 is 1.48 bits per heavy atom. The molecule has 27 heavy (non-hydrogen) atoms. The van der Waals surface area contributed by atoms with Crippen molar-refractivity contribution in [3.63, 3.8) is 0 Å². The Balaban J connectivity index is 2.01. The number of carbonyl (C=O) groups is 1. The smallest absolute Gasteiger partial charge is 0.228 e. The van der Waals surface area contributed by atoms with Gasteiger partial charge in [0.2, 0.25) is 11.8 Å². The average molecular weight is 392 g/mol. The number of ether oxygens (including phenoxy) is 1. The molecule has 1 aromatic heterocycles. The first-order chi connectivity index (χ1) is 12.8. The fourth-order valence-electron chi connectivity index (χ4n) is 3.52. The molecule has 1 aliphatic heterocycles. The maximum atomic E-state index is 11.7. The van der Waals surface area contributed by atoms with Crippen molar-refractivity contribution in [1.29, 1.82) is 0 Å². The normalized spacial score (nSPS) is 14.4. The van der Waals surface area contributed by atoms with E-state index < -0.39 is 0 Å². The SMILES string of the molecule is CN[C@H](C)CN(C)Cc1nn(C)c(OC)c1-c1cc(Cl)c2c(c1)CC(=O)N2. The summed E-state index contributed by atoms with van der Waals surface area (Å²) in [6, 6.07) is 4.24. The molecule has 1 amide bonds. The lowest BCUT2D eigenvalue weighted by Gasteiger charge is -2.20. The third-order valence-electron chi connectivity index (χ3n) is 4.83. The Labute approximate surface area is 164 Å². The fraction of sp³-hybridized carbons (Fsp3) is 0.474. The van der Waals surface area contributed by atoms with Gasteiger partial charge in [0.15, 0.2) is 0 Å². The van der Waals surface area contributed by atoms with Gasteiger partial charge in [-0.05, 0) is 44.3 Å². The zero-order valence-corrected chi connectivity index (χ0v) is 17.1. The van der Waals surface area contributed by atoms with Crippen LogP contribution in [0.15, 0.2) is 12.1 Å². The molecule has 1 atom stereocenters. The van der Waals surface area contributed by atoms with Crippen molar-refractivity contribution in [3.8, 4) is 17.0 Å². The predicted molar refractivity (Wildman–Crippen MR) is 107 cm³/mol. The highest BCUT2D eigenvalue weighted by Gasteiger charge is 2.25. The van der Waals surface area contributed by atoms with E-state index >= 15 is 0 Å². The van der Waals surface area contributed by atoms with Crippen LogP contribution in [0.4, 0.5) is 5.69 Å². The molecule has 0 bridgehead atoms. The Morgan fingerprint density at radius 2 is 2.22 bits per heavy atom. The van der Waals surface area contributed by atoms with Crippen LogP contribution < -0.4 is 15.4 Å². The minimum atomic E-state index is -0.0387. The maximum Gasteiger partial charge on any atom is 0.228 e. The van der Waals surface area contributed by atoms with Gasteiger partial charge in [0.1, 0.15) is 0 Å². The zero-order valence-electron chi connectivity index (χ0n) is 16.4. The number of anilines is 1. The van der Waals surface area contributed by atoms with E-state index in [0.717, 1.165) is 28.9 Å². The summed E-state index contributed by atoms with van der Waals surface area (Å²) in [5.74, 6) is 0.636. The highest BCUT2D eigenvalue weighted by atomic mass is 35.5. The summed E-state index contributed by atoms with van der Waals surface area (Å²) in [6.45, 7) is 3.70. The number of carbonyl (C=O) groups excluding carboxylic acids is 1. The van der Waals surface area contributed by atoms with Crippen LogP contribution in [0.2, 0.25) is 5.02 Å². The van der Waals surface area contributed by atoms with Crippen LogP contribution in [-0.2, 0) is 24.8 Å². The van der Waals surface area contributed by atoms with Crippen molar-refractivity contribution in [3.05, 3.63) is 28.4 Å². The monoisotopic (exact) mass is 391 g/mol. The van der Waals surface area contributed by atoms with Crippen molar-refractivity contribution < 1.29 is 9.53 Å². The highest BCUT2D eigenvalue weighted by Crippen LogP contribution is 2.40. The Morgan fingerprint density at radius 3 is 2.89 bits per heavy atom. The average Bonchev–Trinajstić information content (AvgIpc) is 3.13. The van der Waals surface area contributed by atoms with Crippen molar-refractivity contribution in [1.82, 2.24) is 20.0 Å². The molecule has 0 spiro atoms. The molecule has 3 rings (SSSR count). The van der Waals surface area contributed by atoms with Crippen molar-refractivity contribution in [2.75, 3.05) is 33.1 Å². The molecule has 0 saturated carbocycles. The first-order valence-corrected chi connectivity index (χ1v) is 9.30. The first kappa shape index (κ1) is 19.7. The number of amides is 1. The summed E-state index contributed by atoms with van der Waals surface area (Å²) in [4.78, 5) is 14.0. The zero-order chi connectivity index (χ0) is 19.7. The lowest BCUT2D eigenvalue weighted by molar-refractivity contribution is -0.115. The van der Waals surface area contributed by atoms with Crippen molar-refractivity contribution in [2.45, 2.75) is 25.9 Å². The molecule has 0 radical (unpaired) electrons. The minimum absolute atomic E-state index is 0.0387. The predicted octanol–water partition coefficient (Wildman–Crippen LogP) is 2.28. The van der Waals surface area contributed by atoms with E-state index in [1.165, 1.54) is 0 Å². The molecular formula is C19H26ClN5O2. The van der Waals surface area contributed by atoms with Crippen LogP contribution in [0.3, 0.4) is 0 Å². The Hall–Kier alpha value is -2.09. The van der Waals surface area contributed by atoms with Gasteiger partial charge in [-0.2, -0.15) is 5.10 Å². The van der Waals surface area contributed by atoms with Crippen molar-refractivity contribution >= 4 is 23.2 Å². The van der Waals surface area contributed by atoms with E-state index in [-0.39, 0.29) is 5.91 Å². The van der Waals surface area contributed by atoms with Gasteiger partial charge in [-0.25, -0.2) is 4.68 Å². The first-order valence-electron chi connectivity index (χ1n) is 8.92. The number of hydrogen-bond donors (Lipinski definition) is 2. The van der Waals surface area contributed by atoms with Gasteiger partial charge in [0, 0.05) is 26.2 Å². The third kappa shape index (κ3) is 3.95. The second-order valence-electron chi connectivity index (χ2n) is 7.06. The van der Waals surface area contributed by atoms with E-state index in [9.17, 15) is 4.79 Å². The van der Waals surface area contributed by atoms with Crippen LogP contribution in [-0.4, -0.2) is 54.4 Å². The molecular weight excluding hydrogens is 366 g/mol. The van der Waals surface area contributed by atoms with E-state index in [1.807, 2.05) is 26.2 Å². The lowest BCUT2D eigenvalue weighted by Crippen LogP contribution is -2.35. The molecule has 1 aromatic carbocycles. The third-order valence-corrected chi connectivity index (χ3v) is 5.13. The molecule has 8 heteroatoms. The number of fused-ring (bicyclic) bond motifs is 1. The highest BCUT2D eigenvalue weighted by molar-refractivity contribution is 6.34. The Bertz CT molecular complexity index is 864. The van der Waals surface area contributed by atoms with Gasteiger partial charge >= 0.3 is 0 Å². The largest absolute Gasteiger partial charge is 0.481 e. The summed E-state index contributed by atoms with van der Waals surface area (Å²) in [6.07, 6.45) is 0.334. The lowest BCUT2D eigenvalue weighted by atomic mass is 10.0. The summed E-state index contributed by atoms with van der Waals surface area (Å²) in [5.41, 5.74) is 4.33. The van der Waals surface area contributed by atoms with E-state index in [2.05, 4.69) is 34.6 Å². The van der Waals surface area contributed by atoms with Gasteiger partial charge in [0.25, 0.3) is 0 Å². The number of nitrogens with zero attached hydrogens (tertiary/aromatic N) is 3. The number of aryl methyl sites for hydroxylation is 1. The van der Waals surface area contributed by atoms with Gasteiger partial charge in [0.05, 0.1) is 35.5 Å². The number of methoxy groups -OCH3 is 1. The standard InChI is InChI=1S/C19H26ClN5O2/c1-11(21-2)9-24(3)10-15-17(19(27-5)25(4)23-15)12-6-13-8-16(26)22-18(13)14(20)7-12/h6-7,11,21H,8-10H2,1-5H3,(H,22,26)/t11-/m1/s1. The number of aromatic nitrogens is 2. The summed E-state index contributed by atoms with van der Waals surface area (Å²) in [7, 11) is 7.52. The molecule has 0 fully saturated rings. The van der Waals surface area contributed by atoms with Gasteiger partial charge in [-0.15, -0.1) is 0 Å². The van der Waals surface area contributed by atoms with E-state index in [4.69, 9.17) is 16.3 Å². The minimum Gasteiger partial charge on any atom is -0.481 e. The molecule has 2 aromatic rings. The fourth-order valence-corrected chi connectivity index (χ4v) is 3.81. The van der Waals surface area contributed by atoms with E-state index in [1.54, 1.807) is 11.8 Å². The van der Waals surface area contributed by atoms with Crippen LogP contribution in [0.5, 0.6) is 5.88 Å². The molecule has 1 aliphatic rings. The molecule has 7 nitrogen and oxygen atoms in total. The van der Waals surface area contributed by atoms with Gasteiger partial charge in [-0.3, -0.25) is 9.69 Å². The summed E-state index contributed by atoms with van der Waals surface area (Å²) in [5, 5.41) is 11.3. The summed E-state index contributed by atoms with van der Waals surface area (Å²) < 4.78 is 7.36. The quantitative estimate of drug-likeness (QED) is 0.757.